The van der Waals surface area contributed by atoms with E-state index >= 15 is 0 Å². The maximum atomic E-state index is 13.1. The van der Waals surface area contributed by atoms with Gasteiger partial charge in [0.1, 0.15) is 22.7 Å². The number of fused-ring (bicyclic) bond motifs is 1. The van der Waals surface area contributed by atoms with Crippen molar-refractivity contribution >= 4 is 26.8 Å². The van der Waals surface area contributed by atoms with Gasteiger partial charge in [0.15, 0.2) is 9.84 Å². The number of sulfone groups is 1. The number of aromatic nitrogens is 2. The maximum absolute atomic E-state index is 13.1. The van der Waals surface area contributed by atoms with Crippen LogP contribution in [-0.4, -0.2) is 47.1 Å². The summed E-state index contributed by atoms with van der Waals surface area (Å²) >= 11 is 0. The molecule has 3 aromatic heterocycles. The van der Waals surface area contributed by atoms with Crippen molar-refractivity contribution in [3.63, 3.8) is 0 Å². The minimum absolute atomic E-state index is 0.0943. The number of nitrogens with zero attached hydrogens (tertiary/aromatic N) is 3. The third-order valence-corrected chi connectivity index (χ3v) is 7.97. The van der Waals surface area contributed by atoms with Gasteiger partial charge in [0, 0.05) is 31.5 Å². The summed E-state index contributed by atoms with van der Waals surface area (Å²) in [6.45, 7) is 4.93. The first-order valence-electron chi connectivity index (χ1n) is 10.3. The lowest BCUT2D eigenvalue weighted by Gasteiger charge is -2.31. The predicted octanol–water partition coefficient (Wildman–Crippen LogP) is 2.54. The van der Waals surface area contributed by atoms with Crippen LogP contribution in [0.2, 0.25) is 0 Å². The standard InChI is InChI=1S/C22H25N3O5S/c1-3-24-13-19(20(26)18-7-6-15(2)23-21(18)24)22(27)25-10-8-17(9-11-25)31(28,29)14-16-5-4-12-30-16/h4-7,12-13,17H,3,8-11,14H2,1-2H3. The zero-order chi connectivity index (χ0) is 22.2. The first-order chi connectivity index (χ1) is 14.8. The van der Waals surface area contributed by atoms with Gasteiger partial charge in [-0.05, 0) is 51.0 Å². The van der Waals surface area contributed by atoms with Crippen molar-refractivity contribution in [2.24, 2.45) is 0 Å². The molecular weight excluding hydrogens is 418 g/mol. The topological polar surface area (TPSA) is 102 Å². The Morgan fingerprint density at radius 1 is 1.23 bits per heavy atom. The third kappa shape index (κ3) is 4.14. The van der Waals surface area contributed by atoms with Crippen LogP contribution in [0, 0.1) is 6.92 Å². The highest BCUT2D eigenvalue weighted by molar-refractivity contribution is 7.91. The van der Waals surface area contributed by atoms with Gasteiger partial charge in [-0.15, -0.1) is 0 Å². The van der Waals surface area contributed by atoms with Crippen LogP contribution in [0.3, 0.4) is 0 Å². The number of rotatable bonds is 5. The van der Waals surface area contributed by atoms with Gasteiger partial charge in [-0.2, -0.15) is 0 Å². The van der Waals surface area contributed by atoms with Crippen molar-refractivity contribution in [2.45, 2.75) is 44.2 Å². The van der Waals surface area contributed by atoms with E-state index in [-0.39, 0.29) is 35.7 Å². The summed E-state index contributed by atoms with van der Waals surface area (Å²) in [5.74, 6) is -0.0909. The quantitative estimate of drug-likeness (QED) is 0.600. The van der Waals surface area contributed by atoms with E-state index in [2.05, 4.69) is 4.98 Å². The summed E-state index contributed by atoms with van der Waals surface area (Å²) < 4.78 is 32.3. The van der Waals surface area contributed by atoms with Crippen molar-refractivity contribution < 1.29 is 17.6 Å². The molecule has 31 heavy (non-hydrogen) atoms. The number of furan rings is 1. The fraction of sp³-hybridized carbons (Fsp3) is 0.409. The molecule has 0 atom stereocenters. The molecule has 0 spiro atoms. The van der Waals surface area contributed by atoms with Gasteiger partial charge in [-0.3, -0.25) is 9.59 Å². The van der Waals surface area contributed by atoms with Gasteiger partial charge in [0.25, 0.3) is 5.91 Å². The second-order valence-corrected chi connectivity index (χ2v) is 10.1. The normalized spacial score (nSPS) is 15.5. The van der Waals surface area contributed by atoms with Crippen molar-refractivity contribution in [3.05, 3.63) is 64.0 Å². The summed E-state index contributed by atoms with van der Waals surface area (Å²) in [6.07, 6.45) is 3.70. The zero-order valence-electron chi connectivity index (χ0n) is 17.6. The van der Waals surface area contributed by atoms with Crippen molar-refractivity contribution in [1.29, 1.82) is 0 Å². The molecule has 4 heterocycles. The van der Waals surface area contributed by atoms with Gasteiger partial charge in [0.05, 0.1) is 16.9 Å². The molecule has 3 aromatic rings. The molecule has 0 aliphatic carbocycles. The molecule has 0 bridgehead atoms. The Morgan fingerprint density at radius 2 is 1.97 bits per heavy atom. The maximum Gasteiger partial charge on any atom is 0.259 e. The Balaban J connectivity index is 1.54. The van der Waals surface area contributed by atoms with Crippen molar-refractivity contribution in [3.8, 4) is 0 Å². The zero-order valence-corrected chi connectivity index (χ0v) is 18.4. The lowest BCUT2D eigenvalue weighted by Crippen LogP contribution is -2.44. The van der Waals surface area contributed by atoms with Gasteiger partial charge in [0.2, 0.25) is 5.43 Å². The van der Waals surface area contributed by atoms with Gasteiger partial charge in [-0.1, -0.05) is 0 Å². The Bertz CT molecular complexity index is 1270. The number of likely N-dealkylation sites (tertiary alicyclic amines) is 1. The summed E-state index contributed by atoms with van der Waals surface area (Å²) in [5.41, 5.74) is 1.11. The van der Waals surface area contributed by atoms with Crippen LogP contribution in [0.4, 0.5) is 0 Å². The van der Waals surface area contributed by atoms with E-state index in [1.165, 1.54) is 6.26 Å². The summed E-state index contributed by atoms with van der Waals surface area (Å²) in [5, 5.41) is -0.119. The predicted molar refractivity (Wildman–Crippen MR) is 117 cm³/mol. The number of piperidine rings is 1. The number of hydrogen-bond acceptors (Lipinski definition) is 6. The number of carbonyl (C=O) groups excluding carboxylic acids is 1. The summed E-state index contributed by atoms with van der Waals surface area (Å²) in [6, 6.07) is 6.77. The Morgan fingerprint density at radius 3 is 2.61 bits per heavy atom. The average Bonchev–Trinajstić information content (AvgIpc) is 3.26. The van der Waals surface area contributed by atoms with Crippen LogP contribution in [0.1, 0.15) is 41.6 Å². The van der Waals surface area contributed by atoms with Crippen LogP contribution in [-0.2, 0) is 22.1 Å². The molecule has 164 valence electrons. The highest BCUT2D eigenvalue weighted by Crippen LogP contribution is 2.23. The van der Waals surface area contributed by atoms with E-state index in [1.54, 1.807) is 39.9 Å². The molecule has 0 aromatic carbocycles. The van der Waals surface area contributed by atoms with Crippen LogP contribution in [0.15, 0.2) is 45.9 Å². The second kappa shape index (κ2) is 8.30. The monoisotopic (exact) mass is 443 g/mol. The molecule has 0 N–H and O–H groups in total. The van der Waals surface area contributed by atoms with E-state index in [1.807, 2.05) is 13.8 Å². The first-order valence-corrected chi connectivity index (χ1v) is 12.1. The number of carbonyl (C=O) groups is 1. The van der Waals surface area contributed by atoms with E-state index in [4.69, 9.17) is 4.42 Å². The molecule has 0 unspecified atom stereocenters. The first kappa shape index (κ1) is 21.3. The number of pyridine rings is 2. The summed E-state index contributed by atoms with van der Waals surface area (Å²) in [7, 11) is -3.38. The molecule has 1 saturated heterocycles. The van der Waals surface area contributed by atoms with Gasteiger partial charge >= 0.3 is 0 Å². The fourth-order valence-corrected chi connectivity index (χ4v) is 5.78. The van der Waals surface area contributed by atoms with E-state index in [0.29, 0.717) is 36.2 Å². The smallest absolute Gasteiger partial charge is 0.259 e. The highest BCUT2D eigenvalue weighted by atomic mass is 32.2. The average molecular weight is 444 g/mol. The van der Waals surface area contributed by atoms with Gasteiger partial charge < -0.3 is 13.9 Å². The largest absolute Gasteiger partial charge is 0.468 e. The van der Waals surface area contributed by atoms with Crippen LogP contribution >= 0.6 is 0 Å². The Kier molecular flexibility index (Phi) is 5.70. The third-order valence-electron chi connectivity index (χ3n) is 5.79. The van der Waals surface area contributed by atoms with E-state index in [9.17, 15) is 18.0 Å². The molecule has 0 saturated carbocycles. The SMILES string of the molecule is CCn1cc(C(=O)N2CCC(S(=O)(=O)Cc3ccco3)CC2)c(=O)c2ccc(C)nc21. The highest BCUT2D eigenvalue weighted by Gasteiger charge is 2.33. The fourth-order valence-electron chi connectivity index (χ4n) is 4.05. The van der Waals surface area contributed by atoms with E-state index in [0.717, 1.165) is 5.69 Å². The molecule has 9 heteroatoms. The Labute approximate surface area is 180 Å². The number of hydrogen-bond donors (Lipinski definition) is 0. The summed E-state index contributed by atoms with van der Waals surface area (Å²) in [4.78, 5) is 32.1. The molecule has 0 radical (unpaired) electrons. The lowest BCUT2D eigenvalue weighted by molar-refractivity contribution is 0.0723. The molecule has 1 aliphatic rings. The van der Waals surface area contributed by atoms with Crippen LogP contribution in [0.5, 0.6) is 0 Å². The second-order valence-electron chi connectivity index (χ2n) is 7.86. The molecular formula is C22H25N3O5S. The van der Waals surface area contributed by atoms with Crippen molar-refractivity contribution in [2.75, 3.05) is 13.1 Å². The number of aryl methyl sites for hydroxylation is 2. The van der Waals surface area contributed by atoms with Gasteiger partial charge in [-0.25, -0.2) is 13.4 Å². The van der Waals surface area contributed by atoms with Crippen LogP contribution < -0.4 is 5.43 Å². The molecule has 1 amide bonds. The van der Waals surface area contributed by atoms with E-state index < -0.39 is 15.1 Å². The molecule has 8 nitrogen and oxygen atoms in total. The number of amides is 1. The minimum Gasteiger partial charge on any atom is -0.468 e. The minimum atomic E-state index is -3.38. The molecule has 1 aliphatic heterocycles. The molecule has 4 rings (SSSR count). The Hall–Kier alpha value is -2.94. The van der Waals surface area contributed by atoms with Crippen molar-refractivity contribution in [1.82, 2.24) is 14.5 Å². The molecule has 1 fully saturated rings. The lowest BCUT2D eigenvalue weighted by atomic mass is 10.1. The van der Waals surface area contributed by atoms with Crippen LogP contribution in [0.25, 0.3) is 11.0 Å².